The van der Waals surface area contributed by atoms with Crippen LogP contribution in [0.1, 0.15) is 20.3 Å². The van der Waals surface area contributed by atoms with Crippen molar-refractivity contribution >= 4 is 5.78 Å². The van der Waals surface area contributed by atoms with Crippen LogP contribution in [0.3, 0.4) is 0 Å². The zero-order chi connectivity index (χ0) is 9.84. The third-order valence-electron chi connectivity index (χ3n) is 2.47. The maximum atomic E-state index is 11.5. The first-order chi connectivity index (χ1) is 6.16. The second-order valence-corrected chi connectivity index (χ2v) is 3.43. The van der Waals surface area contributed by atoms with E-state index in [-0.39, 0.29) is 11.8 Å². The van der Waals surface area contributed by atoms with Crippen molar-refractivity contribution in [3.05, 3.63) is 0 Å². The molecule has 1 aliphatic heterocycles. The summed E-state index contributed by atoms with van der Waals surface area (Å²) in [5.41, 5.74) is 0. The minimum Gasteiger partial charge on any atom is -0.313 e. The standard InChI is InChI=1S/C9H17N2O2/c1-3-9(13)11-5-4-10-6-8(11)7(2)12/h8-10H,3-6H2,1-2H3. The summed E-state index contributed by atoms with van der Waals surface area (Å²) in [4.78, 5) is 13.0. The molecule has 0 aromatic carbocycles. The molecular weight excluding hydrogens is 168 g/mol. The molecule has 1 saturated heterocycles. The maximum absolute atomic E-state index is 11.5. The highest BCUT2D eigenvalue weighted by atomic mass is 16.3. The number of hydrogen-bond donors (Lipinski definition) is 1. The van der Waals surface area contributed by atoms with Gasteiger partial charge in [-0.05, 0) is 13.3 Å². The van der Waals surface area contributed by atoms with Crippen molar-refractivity contribution in [2.75, 3.05) is 19.6 Å². The van der Waals surface area contributed by atoms with Gasteiger partial charge in [0.15, 0.2) is 0 Å². The SMILES string of the molecule is CCC([O])N1CCNCC1C(C)=O. The quantitative estimate of drug-likeness (QED) is 0.674. The molecule has 0 amide bonds. The van der Waals surface area contributed by atoms with Crippen LogP contribution in [0.2, 0.25) is 0 Å². The van der Waals surface area contributed by atoms with Crippen molar-refractivity contribution in [2.24, 2.45) is 0 Å². The smallest absolute Gasteiger partial charge is 0.148 e. The van der Waals surface area contributed by atoms with E-state index in [9.17, 15) is 9.90 Å². The summed E-state index contributed by atoms with van der Waals surface area (Å²) in [5.74, 6) is 0.0847. The van der Waals surface area contributed by atoms with E-state index in [0.717, 1.165) is 6.54 Å². The lowest BCUT2D eigenvalue weighted by atomic mass is 10.1. The van der Waals surface area contributed by atoms with Gasteiger partial charge in [0, 0.05) is 19.6 Å². The van der Waals surface area contributed by atoms with E-state index in [0.29, 0.717) is 19.5 Å². The lowest BCUT2D eigenvalue weighted by Gasteiger charge is -2.36. The van der Waals surface area contributed by atoms with Gasteiger partial charge in [-0.15, -0.1) is 0 Å². The van der Waals surface area contributed by atoms with E-state index in [1.165, 1.54) is 0 Å². The molecule has 0 saturated carbocycles. The number of carbonyl (C=O) groups excluding carboxylic acids is 1. The monoisotopic (exact) mass is 185 g/mol. The molecule has 4 heteroatoms. The van der Waals surface area contributed by atoms with Crippen LogP contribution in [0, 0.1) is 0 Å². The van der Waals surface area contributed by atoms with Gasteiger partial charge in [-0.3, -0.25) is 9.69 Å². The van der Waals surface area contributed by atoms with E-state index < -0.39 is 6.23 Å². The van der Waals surface area contributed by atoms with E-state index in [2.05, 4.69) is 5.32 Å². The summed E-state index contributed by atoms with van der Waals surface area (Å²) in [6.07, 6.45) is -0.167. The topological polar surface area (TPSA) is 52.2 Å². The predicted molar refractivity (Wildman–Crippen MR) is 48.8 cm³/mol. The normalized spacial score (nSPS) is 27.2. The molecule has 1 rings (SSSR count). The van der Waals surface area contributed by atoms with E-state index >= 15 is 0 Å². The fourth-order valence-electron chi connectivity index (χ4n) is 1.68. The highest BCUT2D eigenvalue weighted by molar-refractivity contribution is 5.81. The van der Waals surface area contributed by atoms with Crippen molar-refractivity contribution in [1.29, 1.82) is 0 Å². The molecule has 13 heavy (non-hydrogen) atoms. The lowest BCUT2D eigenvalue weighted by Crippen LogP contribution is -2.57. The number of piperazine rings is 1. The minimum atomic E-state index is -0.726. The molecule has 2 atom stereocenters. The zero-order valence-corrected chi connectivity index (χ0v) is 8.25. The molecule has 0 spiro atoms. The van der Waals surface area contributed by atoms with Gasteiger partial charge in [0.1, 0.15) is 12.0 Å². The molecule has 1 radical (unpaired) electrons. The van der Waals surface area contributed by atoms with Crippen LogP contribution >= 0.6 is 0 Å². The molecule has 75 valence electrons. The van der Waals surface area contributed by atoms with Gasteiger partial charge in [0.25, 0.3) is 0 Å². The third kappa shape index (κ3) is 2.49. The summed E-state index contributed by atoms with van der Waals surface area (Å²) in [6.45, 7) is 5.52. The molecule has 0 bridgehead atoms. The summed E-state index contributed by atoms with van der Waals surface area (Å²) in [6, 6.07) is -0.212. The van der Waals surface area contributed by atoms with Crippen LogP contribution in [0.5, 0.6) is 0 Å². The number of carbonyl (C=O) groups is 1. The molecule has 2 unspecified atom stereocenters. The van der Waals surface area contributed by atoms with Crippen molar-refractivity contribution in [2.45, 2.75) is 32.5 Å². The average Bonchev–Trinajstić information content (AvgIpc) is 2.16. The molecule has 1 aliphatic rings. The highest BCUT2D eigenvalue weighted by Gasteiger charge is 2.30. The van der Waals surface area contributed by atoms with E-state index in [1.54, 1.807) is 11.8 Å². The first-order valence-electron chi connectivity index (χ1n) is 4.79. The van der Waals surface area contributed by atoms with Crippen LogP contribution in [-0.2, 0) is 9.90 Å². The Morgan fingerprint density at radius 2 is 2.38 bits per heavy atom. The molecule has 0 aromatic heterocycles. The van der Waals surface area contributed by atoms with Crippen LogP contribution in [0.15, 0.2) is 0 Å². The van der Waals surface area contributed by atoms with Gasteiger partial charge in [-0.2, -0.15) is 0 Å². The number of hydrogen-bond acceptors (Lipinski definition) is 3. The van der Waals surface area contributed by atoms with Crippen LogP contribution in [-0.4, -0.2) is 42.6 Å². The maximum Gasteiger partial charge on any atom is 0.148 e. The van der Waals surface area contributed by atoms with Crippen LogP contribution in [0.25, 0.3) is 0 Å². The molecule has 1 heterocycles. The van der Waals surface area contributed by atoms with Crippen molar-refractivity contribution in [3.8, 4) is 0 Å². The van der Waals surface area contributed by atoms with Gasteiger partial charge >= 0.3 is 0 Å². The molecule has 0 aromatic rings. The van der Waals surface area contributed by atoms with Gasteiger partial charge < -0.3 is 5.32 Å². The number of nitrogens with one attached hydrogen (secondary N) is 1. The molecule has 1 N–H and O–H groups in total. The Hall–Kier alpha value is -0.450. The summed E-state index contributed by atoms with van der Waals surface area (Å²) in [5, 5.41) is 14.6. The van der Waals surface area contributed by atoms with Crippen molar-refractivity contribution < 1.29 is 9.90 Å². The Labute approximate surface area is 78.9 Å². The van der Waals surface area contributed by atoms with E-state index in [4.69, 9.17) is 0 Å². The summed E-state index contributed by atoms with van der Waals surface area (Å²) in [7, 11) is 0. The number of rotatable bonds is 3. The average molecular weight is 185 g/mol. The Balaban J connectivity index is 2.61. The summed E-state index contributed by atoms with van der Waals surface area (Å²) < 4.78 is 0. The Bertz CT molecular complexity index is 184. The van der Waals surface area contributed by atoms with E-state index in [1.807, 2.05) is 6.92 Å². The number of Topliss-reactive ketones (excluding diaryl/α,β-unsaturated/α-hetero) is 1. The van der Waals surface area contributed by atoms with Gasteiger partial charge in [0.05, 0.1) is 6.04 Å². The molecule has 4 nitrogen and oxygen atoms in total. The lowest BCUT2D eigenvalue weighted by molar-refractivity contribution is -0.133. The van der Waals surface area contributed by atoms with Crippen LogP contribution in [0.4, 0.5) is 0 Å². The second-order valence-electron chi connectivity index (χ2n) is 3.43. The second kappa shape index (κ2) is 4.69. The largest absolute Gasteiger partial charge is 0.313 e. The van der Waals surface area contributed by atoms with Crippen molar-refractivity contribution in [1.82, 2.24) is 10.2 Å². The number of ketones is 1. The Morgan fingerprint density at radius 1 is 1.69 bits per heavy atom. The fraction of sp³-hybridized carbons (Fsp3) is 0.889. The molecular formula is C9H17N2O2. The first kappa shape index (κ1) is 10.6. The Kier molecular flexibility index (Phi) is 3.84. The van der Waals surface area contributed by atoms with Crippen LogP contribution < -0.4 is 5.32 Å². The summed E-state index contributed by atoms with van der Waals surface area (Å²) >= 11 is 0. The van der Waals surface area contributed by atoms with Gasteiger partial charge in [-0.25, -0.2) is 5.11 Å². The first-order valence-corrected chi connectivity index (χ1v) is 4.79. The minimum absolute atomic E-state index is 0.0847. The third-order valence-corrected chi connectivity index (χ3v) is 2.47. The Morgan fingerprint density at radius 3 is 2.92 bits per heavy atom. The molecule has 1 fully saturated rings. The predicted octanol–water partition coefficient (Wildman–Crippen LogP) is 0.0158. The van der Waals surface area contributed by atoms with Gasteiger partial charge in [0.2, 0.25) is 0 Å². The fourth-order valence-corrected chi connectivity index (χ4v) is 1.68. The van der Waals surface area contributed by atoms with Crippen molar-refractivity contribution in [3.63, 3.8) is 0 Å². The highest BCUT2D eigenvalue weighted by Crippen LogP contribution is 2.10. The number of nitrogens with zero attached hydrogens (tertiary/aromatic N) is 1. The zero-order valence-electron chi connectivity index (χ0n) is 8.25. The van der Waals surface area contributed by atoms with Gasteiger partial charge in [-0.1, -0.05) is 6.92 Å². The molecule has 0 aliphatic carbocycles.